The zero-order chi connectivity index (χ0) is 17.6. The molecule has 0 spiro atoms. The van der Waals surface area contributed by atoms with Crippen LogP contribution in [0.3, 0.4) is 0 Å². The molecule has 0 saturated carbocycles. The van der Waals surface area contributed by atoms with Gasteiger partial charge in [0.15, 0.2) is 0 Å². The number of rotatable bonds is 6. The molecule has 4 nitrogen and oxygen atoms in total. The standard InChI is InChI=1S/C19H17F2N3O/c20-15-5-1-13(2-6-15)11-19(25)22-10-9-18-23-12-17(24-18)14-3-7-16(21)8-4-14/h1-8,12H,9-11H2,(H,22,25)(H,23,24). The monoisotopic (exact) mass is 341 g/mol. The van der Waals surface area contributed by atoms with Crippen LogP contribution in [0.15, 0.2) is 54.7 Å². The van der Waals surface area contributed by atoms with Gasteiger partial charge in [0.05, 0.1) is 18.3 Å². The van der Waals surface area contributed by atoms with Crippen molar-refractivity contribution in [1.82, 2.24) is 15.3 Å². The van der Waals surface area contributed by atoms with Crippen LogP contribution in [0.2, 0.25) is 0 Å². The number of imidazole rings is 1. The minimum absolute atomic E-state index is 0.128. The van der Waals surface area contributed by atoms with Gasteiger partial charge in [-0.05, 0) is 47.5 Å². The highest BCUT2D eigenvalue weighted by atomic mass is 19.1. The maximum Gasteiger partial charge on any atom is 0.224 e. The molecule has 1 aromatic heterocycles. The van der Waals surface area contributed by atoms with Gasteiger partial charge in [0.2, 0.25) is 5.91 Å². The van der Waals surface area contributed by atoms with E-state index in [9.17, 15) is 13.6 Å². The van der Waals surface area contributed by atoms with Crippen LogP contribution in [0.5, 0.6) is 0 Å². The van der Waals surface area contributed by atoms with Gasteiger partial charge in [0, 0.05) is 13.0 Å². The molecule has 1 amide bonds. The quantitative estimate of drug-likeness (QED) is 0.723. The SMILES string of the molecule is O=C(Cc1ccc(F)cc1)NCCc1ncc(-c2ccc(F)cc2)[nH]1. The first-order chi connectivity index (χ1) is 12.1. The van der Waals surface area contributed by atoms with Crippen molar-refractivity contribution in [2.75, 3.05) is 6.54 Å². The number of nitrogens with one attached hydrogen (secondary N) is 2. The van der Waals surface area contributed by atoms with E-state index in [2.05, 4.69) is 15.3 Å². The fraction of sp³-hybridized carbons (Fsp3) is 0.158. The predicted molar refractivity (Wildman–Crippen MR) is 90.8 cm³/mol. The average Bonchev–Trinajstić information content (AvgIpc) is 3.06. The molecule has 0 saturated heterocycles. The summed E-state index contributed by atoms with van der Waals surface area (Å²) in [6.45, 7) is 0.441. The molecule has 128 valence electrons. The van der Waals surface area contributed by atoms with Crippen molar-refractivity contribution < 1.29 is 13.6 Å². The van der Waals surface area contributed by atoms with E-state index in [1.54, 1.807) is 30.5 Å². The Morgan fingerprint density at radius 2 is 1.64 bits per heavy atom. The third kappa shape index (κ3) is 4.73. The molecule has 2 N–H and O–H groups in total. The normalized spacial score (nSPS) is 10.6. The summed E-state index contributed by atoms with van der Waals surface area (Å²) in [5, 5.41) is 2.81. The van der Waals surface area contributed by atoms with E-state index < -0.39 is 0 Å². The molecule has 0 bridgehead atoms. The molecule has 2 aromatic carbocycles. The summed E-state index contributed by atoms with van der Waals surface area (Å²) in [7, 11) is 0. The zero-order valence-electron chi connectivity index (χ0n) is 13.4. The minimum Gasteiger partial charge on any atom is -0.355 e. The number of nitrogens with zero attached hydrogens (tertiary/aromatic N) is 1. The topological polar surface area (TPSA) is 57.8 Å². The van der Waals surface area contributed by atoms with Gasteiger partial charge in [-0.1, -0.05) is 12.1 Å². The first-order valence-corrected chi connectivity index (χ1v) is 7.91. The van der Waals surface area contributed by atoms with E-state index in [1.165, 1.54) is 24.3 Å². The van der Waals surface area contributed by atoms with Crippen molar-refractivity contribution in [2.45, 2.75) is 12.8 Å². The summed E-state index contributed by atoms with van der Waals surface area (Å²) in [4.78, 5) is 19.3. The van der Waals surface area contributed by atoms with E-state index in [4.69, 9.17) is 0 Å². The van der Waals surface area contributed by atoms with E-state index in [0.717, 1.165) is 22.6 Å². The number of amides is 1. The van der Waals surface area contributed by atoms with Gasteiger partial charge in [0.1, 0.15) is 17.5 Å². The number of hydrogen-bond donors (Lipinski definition) is 2. The van der Waals surface area contributed by atoms with Crippen molar-refractivity contribution >= 4 is 5.91 Å². The summed E-state index contributed by atoms with van der Waals surface area (Å²) in [5.41, 5.74) is 2.41. The van der Waals surface area contributed by atoms with Gasteiger partial charge in [0.25, 0.3) is 0 Å². The Bertz CT molecular complexity index is 842. The van der Waals surface area contributed by atoms with Crippen molar-refractivity contribution in [3.05, 3.63) is 77.8 Å². The molecule has 0 fully saturated rings. The van der Waals surface area contributed by atoms with Gasteiger partial charge in [-0.3, -0.25) is 4.79 Å². The van der Waals surface area contributed by atoms with Crippen LogP contribution in [0.1, 0.15) is 11.4 Å². The van der Waals surface area contributed by atoms with Crippen LogP contribution in [0, 0.1) is 11.6 Å². The molecule has 25 heavy (non-hydrogen) atoms. The maximum atomic E-state index is 12.9. The van der Waals surface area contributed by atoms with Gasteiger partial charge in [-0.25, -0.2) is 13.8 Å². The largest absolute Gasteiger partial charge is 0.355 e. The number of H-pyrrole nitrogens is 1. The smallest absolute Gasteiger partial charge is 0.224 e. The molecule has 0 unspecified atom stereocenters. The summed E-state index contributed by atoms with van der Waals surface area (Å²) in [6.07, 6.45) is 2.44. The second-order valence-corrected chi connectivity index (χ2v) is 5.65. The Balaban J connectivity index is 1.48. The minimum atomic E-state index is -0.320. The molecule has 6 heteroatoms. The number of benzene rings is 2. The fourth-order valence-corrected chi connectivity index (χ4v) is 2.44. The maximum absolute atomic E-state index is 12.9. The Kier molecular flexibility index (Phi) is 5.18. The lowest BCUT2D eigenvalue weighted by molar-refractivity contribution is -0.120. The summed E-state index contributed by atoms with van der Waals surface area (Å²) in [6, 6.07) is 12.0. The predicted octanol–water partition coefficient (Wildman–Crippen LogP) is 3.26. The van der Waals surface area contributed by atoms with Gasteiger partial charge < -0.3 is 10.3 Å². The molecular formula is C19H17F2N3O. The number of aromatic amines is 1. The number of hydrogen-bond acceptors (Lipinski definition) is 2. The summed E-state index contributed by atoms with van der Waals surface area (Å²) >= 11 is 0. The fourth-order valence-electron chi connectivity index (χ4n) is 2.44. The van der Waals surface area contributed by atoms with Crippen molar-refractivity contribution in [1.29, 1.82) is 0 Å². The Morgan fingerprint density at radius 3 is 2.32 bits per heavy atom. The lowest BCUT2D eigenvalue weighted by Gasteiger charge is -2.04. The van der Waals surface area contributed by atoms with Crippen LogP contribution >= 0.6 is 0 Å². The Hall–Kier alpha value is -3.02. The third-order valence-electron chi connectivity index (χ3n) is 3.75. The summed E-state index contributed by atoms with van der Waals surface area (Å²) in [5.74, 6) is 0.00428. The van der Waals surface area contributed by atoms with Crippen LogP contribution in [-0.4, -0.2) is 22.4 Å². The highest BCUT2D eigenvalue weighted by molar-refractivity contribution is 5.78. The lowest BCUT2D eigenvalue weighted by Crippen LogP contribution is -2.27. The molecular weight excluding hydrogens is 324 g/mol. The molecule has 0 aliphatic carbocycles. The number of halogens is 2. The first kappa shape index (κ1) is 16.8. The third-order valence-corrected chi connectivity index (χ3v) is 3.75. The van der Waals surface area contributed by atoms with E-state index >= 15 is 0 Å². The highest BCUT2D eigenvalue weighted by Crippen LogP contribution is 2.17. The van der Waals surface area contributed by atoms with E-state index in [0.29, 0.717) is 13.0 Å². The second kappa shape index (κ2) is 7.70. The van der Waals surface area contributed by atoms with Crippen molar-refractivity contribution in [3.8, 4) is 11.3 Å². The van der Waals surface area contributed by atoms with Gasteiger partial charge in [-0.15, -0.1) is 0 Å². The molecule has 3 aromatic rings. The lowest BCUT2D eigenvalue weighted by atomic mass is 10.1. The number of aromatic nitrogens is 2. The highest BCUT2D eigenvalue weighted by Gasteiger charge is 2.06. The molecule has 0 aliphatic rings. The molecule has 0 radical (unpaired) electrons. The van der Waals surface area contributed by atoms with E-state index in [1.807, 2.05) is 0 Å². The van der Waals surface area contributed by atoms with E-state index in [-0.39, 0.29) is 24.0 Å². The van der Waals surface area contributed by atoms with Crippen molar-refractivity contribution in [3.63, 3.8) is 0 Å². The second-order valence-electron chi connectivity index (χ2n) is 5.65. The number of carbonyl (C=O) groups excluding carboxylic acids is 1. The van der Waals surface area contributed by atoms with Crippen LogP contribution < -0.4 is 5.32 Å². The summed E-state index contributed by atoms with van der Waals surface area (Å²) < 4.78 is 25.8. The van der Waals surface area contributed by atoms with Crippen molar-refractivity contribution in [2.24, 2.45) is 0 Å². The molecule has 3 rings (SSSR count). The Morgan fingerprint density at radius 1 is 1.00 bits per heavy atom. The molecule has 0 atom stereocenters. The van der Waals surface area contributed by atoms with Crippen LogP contribution in [-0.2, 0) is 17.6 Å². The average molecular weight is 341 g/mol. The Labute approximate surface area is 143 Å². The molecule has 0 aliphatic heterocycles. The number of carbonyl (C=O) groups is 1. The van der Waals surface area contributed by atoms with Gasteiger partial charge in [-0.2, -0.15) is 0 Å². The molecule has 1 heterocycles. The zero-order valence-corrected chi connectivity index (χ0v) is 13.4. The van der Waals surface area contributed by atoms with Crippen LogP contribution in [0.25, 0.3) is 11.3 Å². The van der Waals surface area contributed by atoms with Gasteiger partial charge >= 0.3 is 0 Å². The first-order valence-electron chi connectivity index (χ1n) is 7.91. The van der Waals surface area contributed by atoms with Crippen LogP contribution in [0.4, 0.5) is 8.78 Å².